The number of nitrogens with zero attached hydrogens (tertiary/aromatic N) is 3. The average molecular weight is 541 g/mol. The van der Waals surface area contributed by atoms with E-state index < -0.39 is 11.2 Å². The molecule has 4 aromatic rings. The Kier molecular flexibility index (Phi) is 7.72. The molecule has 0 unspecified atom stereocenters. The van der Waals surface area contributed by atoms with E-state index in [9.17, 15) is 18.8 Å². The van der Waals surface area contributed by atoms with Gasteiger partial charge in [0.05, 0.1) is 18.2 Å². The smallest absolute Gasteiger partial charge is 0.259 e. The third-order valence-corrected chi connectivity index (χ3v) is 7.05. The van der Waals surface area contributed by atoms with Gasteiger partial charge in [0.25, 0.3) is 5.91 Å². The number of nitrogens with two attached hydrogens (primary N) is 1. The van der Waals surface area contributed by atoms with E-state index in [0.29, 0.717) is 35.8 Å². The first-order valence-electron chi connectivity index (χ1n) is 13.0. The molecule has 1 amide bonds. The molecule has 1 aliphatic heterocycles. The van der Waals surface area contributed by atoms with Crippen molar-refractivity contribution in [1.29, 1.82) is 0 Å². The molecule has 2 aromatic carbocycles. The Hall–Kier alpha value is -4.79. The topological polar surface area (TPSA) is 108 Å². The first kappa shape index (κ1) is 26.8. The van der Waals surface area contributed by atoms with Crippen LogP contribution < -0.4 is 15.9 Å². The van der Waals surface area contributed by atoms with Gasteiger partial charge in [0.2, 0.25) is 5.43 Å². The van der Waals surface area contributed by atoms with Gasteiger partial charge in [-0.3, -0.25) is 14.4 Å². The van der Waals surface area contributed by atoms with Gasteiger partial charge in [0.15, 0.2) is 5.78 Å². The number of carbonyl (C=O) groups is 2. The molecule has 8 nitrogen and oxygen atoms in total. The molecule has 0 bridgehead atoms. The molecule has 1 fully saturated rings. The third kappa shape index (κ3) is 5.63. The summed E-state index contributed by atoms with van der Waals surface area (Å²) in [5.74, 6) is -0.237. The van der Waals surface area contributed by atoms with Crippen LogP contribution in [0.5, 0.6) is 5.75 Å². The Bertz CT molecular complexity index is 1610. The normalized spacial score (nSPS) is 12.9. The van der Waals surface area contributed by atoms with Crippen molar-refractivity contribution in [1.82, 2.24) is 14.5 Å². The number of ether oxygens (including phenoxy) is 1. The maximum atomic E-state index is 13.5. The standard InChI is InChI=1S/C31H29FN4O4/c1-40-27-12-13-34-30(33)28(27)22-8-4-20(5-9-22)16-26(37)24-18-35(17-21-6-10-23(32)11-7-21)19-25(29(24)38)31(39)36-14-2-3-15-36/h4-13,18-19H,2-3,14-17H2,1H3,(H2,33,34). The lowest BCUT2D eigenvalue weighted by atomic mass is 9.99. The van der Waals surface area contributed by atoms with Crippen LogP contribution in [0.25, 0.3) is 11.1 Å². The Morgan fingerprint density at radius 3 is 2.27 bits per heavy atom. The average Bonchev–Trinajstić information content (AvgIpc) is 3.50. The predicted molar refractivity (Wildman–Crippen MR) is 150 cm³/mol. The summed E-state index contributed by atoms with van der Waals surface area (Å²) in [6.45, 7) is 1.42. The molecule has 3 heterocycles. The van der Waals surface area contributed by atoms with Crippen LogP contribution in [-0.4, -0.2) is 46.3 Å². The Morgan fingerprint density at radius 1 is 0.950 bits per heavy atom. The number of hydrogen-bond acceptors (Lipinski definition) is 6. The highest BCUT2D eigenvalue weighted by Gasteiger charge is 2.25. The van der Waals surface area contributed by atoms with Gasteiger partial charge >= 0.3 is 0 Å². The Labute approximate surface area is 230 Å². The number of carbonyl (C=O) groups excluding carboxylic acids is 2. The molecule has 0 spiro atoms. The fraction of sp³-hybridized carbons (Fsp3) is 0.226. The zero-order valence-electron chi connectivity index (χ0n) is 22.1. The van der Waals surface area contributed by atoms with Crippen molar-refractivity contribution in [3.63, 3.8) is 0 Å². The van der Waals surface area contributed by atoms with Crippen LogP contribution in [0.15, 0.2) is 78.0 Å². The van der Waals surface area contributed by atoms with Gasteiger partial charge in [-0.1, -0.05) is 36.4 Å². The van der Waals surface area contributed by atoms with Gasteiger partial charge in [0.1, 0.15) is 22.9 Å². The summed E-state index contributed by atoms with van der Waals surface area (Å²) in [6.07, 6.45) is 6.25. The number of likely N-dealkylation sites (tertiary alicyclic amines) is 1. The number of Topliss-reactive ketones (excluding diaryl/α,β-unsaturated/α-hetero) is 1. The fourth-order valence-electron chi connectivity index (χ4n) is 4.95. The second-order valence-electron chi connectivity index (χ2n) is 9.78. The number of rotatable bonds is 8. The van der Waals surface area contributed by atoms with E-state index in [-0.39, 0.29) is 35.8 Å². The van der Waals surface area contributed by atoms with Gasteiger partial charge in [0, 0.05) is 44.6 Å². The molecule has 40 heavy (non-hydrogen) atoms. The molecule has 2 N–H and O–H groups in total. The Morgan fingerprint density at radius 2 is 1.60 bits per heavy atom. The molecule has 0 saturated carbocycles. The van der Waals surface area contributed by atoms with Gasteiger partial charge < -0.3 is 19.9 Å². The lowest BCUT2D eigenvalue weighted by Gasteiger charge is -2.17. The lowest BCUT2D eigenvalue weighted by Crippen LogP contribution is -2.34. The summed E-state index contributed by atoms with van der Waals surface area (Å²) in [5, 5.41) is 0. The zero-order chi connectivity index (χ0) is 28.2. The number of ketones is 1. The van der Waals surface area contributed by atoms with Crippen molar-refractivity contribution in [3.8, 4) is 16.9 Å². The molecular weight excluding hydrogens is 511 g/mol. The molecular formula is C31H29FN4O4. The second kappa shape index (κ2) is 11.5. The van der Waals surface area contributed by atoms with Crippen LogP contribution in [0.3, 0.4) is 0 Å². The number of methoxy groups -OCH3 is 1. The minimum absolute atomic E-state index is 0.0346. The molecule has 5 rings (SSSR count). The summed E-state index contributed by atoms with van der Waals surface area (Å²) in [4.78, 5) is 45.9. The van der Waals surface area contributed by atoms with Crippen LogP contribution in [0.4, 0.5) is 10.2 Å². The largest absolute Gasteiger partial charge is 0.496 e. The van der Waals surface area contributed by atoms with E-state index in [4.69, 9.17) is 10.5 Å². The van der Waals surface area contributed by atoms with Crippen molar-refractivity contribution in [2.24, 2.45) is 0 Å². The van der Waals surface area contributed by atoms with Gasteiger partial charge in [-0.15, -0.1) is 0 Å². The predicted octanol–water partition coefficient (Wildman–Crippen LogP) is 4.35. The number of benzene rings is 2. The molecule has 9 heteroatoms. The van der Waals surface area contributed by atoms with E-state index in [1.807, 2.05) is 12.1 Å². The molecule has 1 saturated heterocycles. The molecule has 204 valence electrons. The number of anilines is 1. The first-order chi connectivity index (χ1) is 19.3. The molecule has 0 radical (unpaired) electrons. The van der Waals surface area contributed by atoms with Crippen molar-refractivity contribution >= 4 is 17.5 Å². The fourth-order valence-corrected chi connectivity index (χ4v) is 4.95. The minimum Gasteiger partial charge on any atom is -0.496 e. The summed E-state index contributed by atoms with van der Waals surface area (Å²) in [7, 11) is 1.55. The van der Waals surface area contributed by atoms with Gasteiger partial charge in [-0.2, -0.15) is 0 Å². The molecule has 0 aliphatic carbocycles. The zero-order valence-corrected chi connectivity index (χ0v) is 22.1. The SMILES string of the molecule is COc1ccnc(N)c1-c1ccc(CC(=O)c2cn(Cc3ccc(F)cc3)cc(C(=O)N3CCCC3)c2=O)cc1. The minimum atomic E-state index is -0.582. The van der Waals surface area contributed by atoms with Crippen LogP contribution in [0, 0.1) is 5.82 Å². The highest BCUT2D eigenvalue weighted by Crippen LogP contribution is 2.33. The van der Waals surface area contributed by atoms with Crippen LogP contribution in [0.1, 0.15) is 44.7 Å². The summed E-state index contributed by atoms with van der Waals surface area (Å²) in [6, 6.07) is 14.9. The maximum Gasteiger partial charge on any atom is 0.259 e. The number of amides is 1. The number of halogens is 1. The van der Waals surface area contributed by atoms with E-state index in [2.05, 4.69) is 4.98 Å². The highest BCUT2D eigenvalue weighted by molar-refractivity contribution is 6.01. The quantitative estimate of drug-likeness (QED) is 0.333. The number of nitrogen functional groups attached to an aromatic ring is 1. The van der Waals surface area contributed by atoms with Crippen molar-refractivity contribution in [3.05, 3.63) is 111 Å². The number of pyridine rings is 2. The molecule has 0 atom stereocenters. The second-order valence-corrected chi connectivity index (χ2v) is 9.78. The van der Waals surface area contributed by atoms with Crippen LogP contribution in [-0.2, 0) is 13.0 Å². The maximum absolute atomic E-state index is 13.5. The van der Waals surface area contributed by atoms with E-state index in [1.54, 1.807) is 53.1 Å². The molecule has 1 aliphatic rings. The van der Waals surface area contributed by atoms with Crippen LogP contribution in [0.2, 0.25) is 0 Å². The third-order valence-electron chi connectivity index (χ3n) is 7.05. The van der Waals surface area contributed by atoms with E-state index >= 15 is 0 Å². The monoisotopic (exact) mass is 540 g/mol. The van der Waals surface area contributed by atoms with Gasteiger partial charge in [-0.05, 0) is 47.7 Å². The summed E-state index contributed by atoms with van der Waals surface area (Å²) in [5.41, 5.74) is 8.28. The number of aromatic nitrogens is 2. The van der Waals surface area contributed by atoms with Crippen molar-refractivity contribution in [2.75, 3.05) is 25.9 Å². The summed E-state index contributed by atoms with van der Waals surface area (Å²) < 4.78 is 20.5. The Balaban J connectivity index is 1.45. The van der Waals surface area contributed by atoms with Crippen molar-refractivity contribution in [2.45, 2.75) is 25.8 Å². The van der Waals surface area contributed by atoms with Crippen molar-refractivity contribution < 1.29 is 18.7 Å². The summed E-state index contributed by atoms with van der Waals surface area (Å²) >= 11 is 0. The highest BCUT2D eigenvalue weighted by atomic mass is 19.1. The van der Waals surface area contributed by atoms with E-state index in [1.165, 1.54) is 24.5 Å². The molecule has 2 aromatic heterocycles. The van der Waals surface area contributed by atoms with Crippen LogP contribution >= 0.6 is 0 Å². The number of hydrogen-bond donors (Lipinski definition) is 1. The van der Waals surface area contributed by atoms with Gasteiger partial charge in [-0.25, -0.2) is 9.37 Å². The van der Waals surface area contributed by atoms with E-state index in [0.717, 1.165) is 24.0 Å². The first-order valence-corrected chi connectivity index (χ1v) is 13.0. The lowest BCUT2D eigenvalue weighted by molar-refractivity contribution is 0.0790.